The van der Waals surface area contributed by atoms with Crippen molar-refractivity contribution in [3.63, 3.8) is 0 Å². The number of halogens is 4. The second-order valence-electron chi connectivity index (χ2n) is 5.43. The zero-order valence-corrected chi connectivity index (χ0v) is 12.6. The van der Waals surface area contributed by atoms with E-state index in [0.717, 1.165) is 4.90 Å². The van der Waals surface area contributed by atoms with Gasteiger partial charge in [0.1, 0.15) is 5.82 Å². The number of nitrogens with one attached hydrogen (secondary N) is 1. The fraction of sp³-hybridized carbons (Fsp3) is 0.375. The minimum atomic E-state index is -4.88. The molecule has 24 heavy (non-hydrogen) atoms. The molecular formula is C16H16F4N2O2. The maximum Gasteiger partial charge on any atom is 0.471 e. The highest BCUT2D eigenvalue weighted by atomic mass is 19.4. The van der Waals surface area contributed by atoms with Crippen LogP contribution in [0.3, 0.4) is 0 Å². The van der Waals surface area contributed by atoms with Crippen LogP contribution in [0.5, 0.6) is 0 Å². The summed E-state index contributed by atoms with van der Waals surface area (Å²) in [6, 6.07) is 5.63. The first-order valence-corrected chi connectivity index (χ1v) is 7.36. The monoisotopic (exact) mass is 344 g/mol. The van der Waals surface area contributed by atoms with E-state index in [4.69, 9.17) is 0 Å². The number of carbonyl (C=O) groups is 2. The molecule has 1 N–H and O–H groups in total. The van der Waals surface area contributed by atoms with Crippen LogP contribution in [0.15, 0.2) is 30.3 Å². The van der Waals surface area contributed by atoms with E-state index in [1.807, 2.05) is 0 Å². The lowest BCUT2D eigenvalue weighted by atomic mass is 10.0. The summed E-state index contributed by atoms with van der Waals surface area (Å²) >= 11 is 0. The Morgan fingerprint density at radius 2 is 1.79 bits per heavy atom. The van der Waals surface area contributed by atoms with Gasteiger partial charge in [0.25, 0.3) is 0 Å². The highest BCUT2D eigenvalue weighted by Crippen LogP contribution is 2.21. The van der Waals surface area contributed by atoms with Crippen LogP contribution < -0.4 is 5.32 Å². The largest absolute Gasteiger partial charge is 0.471 e. The van der Waals surface area contributed by atoms with Crippen LogP contribution in [0.4, 0.5) is 17.6 Å². The molecule has 0 unspecified atom stereocenters. The number of piperidine rings is 1. The summed E-state index contributed by atoms with van der Waals surface area (Å²) < 4.78 is 50.4. The number of rotatable bonds is 3. The summed E-state index contributed by atoms with van der Waals surface area (Å²) in [6.07, 6.45) is -1.90. The Labute approximate surface area is 136 Å². The first-order chi connectivity index (χ1) is 11.3. The number of nitrogens with zero attached hydrogens (tertiary/aromatic N) is 1. The van der Waals surface area contributed by atoms with Crippen LogP contribution in [0.1, 0.15) is 18.4 Å². The SMILES string of the molecule is O=C(/C=C/c1ccccc1F)NC1CCN(C(=O)C(F)(F)F)CC1. The van der Waals surface area contributed by atoms with Crippen molar-refractivity contribution >= 4 is 17.9 Å². The molecule has 0 bridgehead atoms. The smallest absolute Gasteiger partial charge is 0.350 e. The number of benzene rings is 1. The van der Waals surface area contributed by atoms with Gasteiger partial charge in [-0.25, -0.2) is 4.39 Å². The second-order valence-corrected chi connectivity index (χ2v) is 5.43. The van der Waals surface area contributed by atoms with Crippen molar-refractivity contribution in [2.75, 3.05) is 13.1 Å². The molecule has 1 aromatic rings. The van der Waals surface area contributed by atoms with Gasteiger partial charge >= 0.3 is 12.1 Å². The van der Waals surface area contributed by atoms with E-state index in [2.05, 4.69) is 5.32 Å². The Bertz CT molecular complexity index is 635. The molecule has 1 fully saturated rings. The fourth-order valence-electron chi connectivity index (χ4n) is 2.43. The van der Waals surface area contributed by atoms with E-state index in [0.29, 0.717) is 0 Å². The zero-order valence-electron chi connectivity index (χ0n) is 12.6. The van der Waals surface area contributed by atoms with E-state index in [1.165, 1.54) is 30.4 Å². The summed E-state index contributed by atoms with van der Waals surface area (Å²) in [5, 5.41) is 2.64. The molecule has 4 nitrogen and oxygen atoms in total. The van der Waals surface area contributed by atoms with Crippen LogP contribution in [0.25, 0.3) is 6.08 Å². The number of amides is 2. The Hall–Kier alpha value is -2.38. The van der Waals surface area contributed by atoms with Crippen LogP contribution >= 0.6 is 0 Å². The van der Waals surface area contributed by atoms with Crippen molar-refractivity contribution in [1.29, 1.82) is 0 Å². The molecule has 0 atom stereocenters. The standard InChI is InChI=1S/C16H16F4N2O2/c17-13-4-2-1-3-11(13)5-6-14(23)21-12-7-9-22(10-8-12)15(24)16(18,19)20/h1-6,12H,7-10H2,(H,21,23)/b6-5+. The highest BCUT2D eigenvalue weighted by Gasteiger charge is 2.43. The first kappa shape index (κ1) is 18.0. The quantitative estimate of drug-likeness (QED) is 0.677. The summed E-state index contributed by atoms with van der Waals surface area (Å²) in [5.41, 5.74) is 0.262. The minimum Gasteiger partial charge on any atom is -0.350 e. The number of likely N-dealkylation sites (tertiary alicyclic amines) is 1. The van der Waals surface area contributed by atoms with E-state index < -0.39 is 23.8 Å². The van der Waals surface area contributed by atoms with Crippen molar-refractivity contribution in [2.45, 2.75) is 25.1 Å². The average Bonchev–Trinajstić information content (AvgIpc) is 2.53. The Balaban J connectivity index is 1.82. The van der Waals surface area contributed by atoms with Gasteiger partial charge in [0.05, 0.1) is 0 Å². The van der Waals surface area contributed by atoms with Crippen LogP contribution in [-0.2, 0) is 9.59 Å². The summed E-state index contributed by atoms with van der Waals surface area (Å²) in [7, 11) is 0. The minimum absolute atomic E-state index is 0.0691. The van der Waals surface area contributed by atoms with Gasteiger partial charge in [0.2, 0.25) is 5.91 Å². The molecule has 0 saturated carbocycles. The molecule has 1 saturated heterocycles. The van der Waals surface area contributed by atoms with Gasteiger partial charge in [-0.3, -0.25) is 9.59 Å². The third-order valence-electron chi connectivity index (χ3n) is 3.69. The average molecular weight is 344 g/mol. The van der Waals surface area contributed by atoms with Gasteiger partial charge < -0.3 is 10.2 Å². The molecule has 2 amide bonds. The fourth-order valence-corrected chi connectivity index (χ4v) is 2.43. The molecular weight excluding hydrogens is 328 g/mol. The Morgan fingerprint density at radius 3 is 2.38 bits per heavy atom. The van der Waals surface area contributed by atoms with Crippen molar-refractivity contribution in [3.8, 4) is 0 Å². The van der Waals surface area contributed by atoms with Crippen LogP contribution in [0, 0.1) is 5.82 Å². The molecule has 0 aliphatic carbocycles. The molecule has 0 aromatic heterocycles. The summed E-state index contributed by atoms with van der Waals surface area (Å²) in [6.45, 7) is -0.138. The molecule has 0 radical (unpaired) electrons. The summed E-state index contributed by atoms with van der Waals surface area (Å²) in [5.74, 6) is -2.77. The number of hydrogen-bond acceptors (Lipinski definition) is 2. The maximum atomic E-state index is 13.4. The number of hydrogen-bond donors (Lipinski definition) is 1. The number of carbonyl (C=O) groups excluding carboxylic acids is 2. The van der Waals surface area contributed by atoms with Gasteiger partial charge in [0.15, 0.2) is 0 Å². The zero-order chi connectivity index (χ0) is 17.7. The highest BCUT2D eigenvalue weighted by molar-refractivity contribution is 5.92. The molecule has 1 aromatic carbocycles. The second kappa shape index (κ2) is 7.46. The van der Waals surface area contributed by atoms with E-state index in [-0.39, 0.29) is 37.5 Å². The predicted molar refractivity (Wildman–Crippen MR) is 79.2 cm³/mol. The molecule has 0 spiro atoms. The van der Waals surface area contributed by atoms with E-state index in [9.17, 15) is 27.2 Å². The lowest BCUT2D eigenvalue weighted by Gasteiger charge is -2.32. The van der Waals surface area contributed by atoms with Crippen molar-refractivity contribution in [3.05, 3.63) is 41.7 Å². The van der Waals surface area contributed by atoms with Gasteiger partial charge in [-0.15, -0.1) is 0 Å². The van der Waals surface area contributed by atoms with Gasteiger partial charge in [-0.1, -0.05) is 18.2 Å². The third-order valence-corrected chi connectivity index (χ3v) is 3.69. The van der Waals surface area contributed by atoms with Crippen molar-refractivity contribution < 1.29 is 27.2 Å². The topological polar surface area (TPSA) is 49.4 Å². The van der Waals surface area contributed by atoms with Gasteiger partial charge in [-0.05, 0) is 25.0 Å². The Kier molecular flexibility index (Phi) is 5.58. The molecule has 130 valence electrons. The van der Waals surface area contributed by atoms with Crippen molar-refractivity contribution in [1.82, 2.24) is 10.2 Å². The molecule has 1 aliphatic heterocycles. The van der Waals surface area contributed by atoms with Crippen molar-refractivity contribution in [2.24, 2.45) is 0 Å². The first-order valence-electron chi connectivity index (χ1n) is 7.36. The predicted octanol–water partition coefficient (Wildman–Crippen LogP) is 2.51. The lowest BCUT2D eigenvalue weighted by molar-refractivity contribution is -0.186. The summed E-state index contributed by atoms with van der Waals surface area (Å²) in [4.78, 5) is 23.6. The van der Waals surface area contributed by atoms with Crippen LogP contribution in [-0.4, -0.2) is 42.0 Å². The molecule has 2 rings (SSSR count). The Morgan fingerprint density at radius 1 is 1.17 bits per heavy atom. The third kappa shape index (κ3) is 4.81. The van der Waals surface area contributed by atoms with Gasteiger partial charge in [-0.2, -0.15) is 13.2 Å². The van der Waals surface area contributed by atoms with Gasteiger partial charge in [0, 0.05) is 30.8 Å². The lowest BCUT2D eigenvalue weighted by Crippen LogP contribution is -2.49. The normalized spacial score (nSPS) is 16.4. The molecule has 1 aliphatic rings. The van der Waals surface area contributed by atoms with E-state index >= 15 is 0 Å². The molecule has 1 heterocycles. The van der Waals surface area contributed by atoms with Crippen LogP contribution in [0.2, 0.25) is 0 Å². The maximum absolute atomic E-state index is 13.4. The van der Waals surface area contributed by atoms with E-state index in [1.54, 1.807) is 6.07 Å². The number of alkyl halides is 3. The molecule has 8 heteroatoms.